The number of benzene rings is 1. The molecule has 0 aliphatic carbocycles. The molecule has 0 bridgehead atoms. The Balaban J connectivity index is 2.70. The molecule has 0 amide bonds. The predicted molar refractivity (Wildman–Crippen MR) is 59.4 cm³/mol. The van der Waals surface area contributed by atoms with Gasteiger partial charge in [0.2, 0.25) is 0 Å². The first-order valence-corrected chi connectivity index (χ1v) is 6.00. The van der Waals surface area contributed by atoms with Crippen molar-refractivity contribution in [3.05, 3.63) is 39.2 Å². The van der Waals surface area contributed by atoms with Crippen LogP contribution in [0.3, 0.4) is 0 Å². The monoisotopic (exact) mass is 273 g/mol. The van der Waals surface area contributed by atoms with Crippen molar-refractivity contribution in [3.8, 4) is 0 Å². The van der Waals surface area contributed by atoms with Gasteiger partial charge in [0.1, 0.15) is 0 Å². The number of nitrogens with zero attached hydrogens (tertiary/aromatic N) is 3. The summed E-state index contributed by atoms with van der Waals surface area (Å²) in [7, 11) is -1.11. The minimum Gasteiger partial charge on any atom is -0.254 e. The van der Waals surface area contributed by atoms with Crippen molar-refractivity contribution in [3.63, 3.8) is 0 Å². The molecule has 0 heterocycles. The van der Waals surface area contributed by atoms with Crippen molar-refractivity contribution in [2.75, 3.05) is 12.3 Å². The number of halogens is 1. The maximum absolute atomic E-state index is 11.6. The van der Waals surface area contributed by atoms with Crippen LogP contribution in [0.5, 0.6) is 0 Å². The molecule has 1 atom stereocenters. The fourth-order valence-electron chi connectivity index (χ4n) is 0.908. The summed E-state index contributed by atoms with van der Waals surface area (Å²) in [6, 6.07) is 7.31. The molecule has 0 aliphatic rings. The first kappa shape index (κ1) is 11.2. The summed E-state index contributed by atoms with van der Waals surface area (Å²) in [5.74, 6) is 0.354. The van der Waals surface area contributed by atoms with E-state index in [0.717, 1.165) is 9.37 Å². The van der Waals surface area contributed by atoms with E-state index >= 15 is 0 Å². The van der Waals surface area contributed by atoms with E-state index in [0.29, 0.717) is 5.75 Å². The lowest BCUT2D eigenvalue weighted by atomic mass is 10.4. The highest BCUT2D eigenvalue weighted by Crippen LogP contribution is 2.19. The molecule has 4 nitrogen and oxygen atoms in total. The Hall–Kier alpha value is -0.840. The molecule has 0 saturated carbocycles. The van der Waals surface area contributed by atoms with Gasteiger partial charge in [-0.25, -0.2) is 0 Å². The van der Waals surface area contributed by atoms with Gasteiger partial charge in [-0.2, -0.15) is 0 Å². The van der Waals surface area contributed by atoms with E-state index in [1.807, 2.05) is 18.2 Å². The Labute approximate surface area is 92.5 Å². The molecule has 1 aromatic carbocycles. The van der Waals surface area contributed by atoms with Gasteiger partial charge < -0.3 is 0 Å². The van der Waals surface area contributed by atoms with E-state index in [-0.39, 0.29) is 6.54 Å². The van der Waals surface area contributed by atoms with Crippen molar-refractivity contribution in [2.24, 2.45) is 5.11 Å². The van der Waals surface area contributed by atoms with Gasteiger partial charge in [-0.05, 0) is 33.6 Å². The predicted octanol–water partition coefficient (Wildman–Crippen LogP) is 2.87. The third-order valence-electron chi connectivity index (χ3n) is 1.52. The van der Waals surface area contributed by atoms with E-state index in [1.165, 1.54) is 0 Å². The van der Waals surface area contributed by atoms with Crippen LogP contribution in [0.2, 0.25) is 0 Å². The van der Waals surface area contributed by atoms with E-state index < -0.39 is 10.8 Å². The highest BCUT2D eigenvalue weighted by Gasteiger charge is 2.05. The molecule has 0 aliphatic heterocycles. The Kier molecular flexibility index (Phi) is 4.65. The lowest BCUT2D eigenvalue weighted by Gasteiger charge is -2.01. The summed E-state index contributed by atoms with van der Waals surface area (Å²) in [4.78, 5) is 3.34. The first-order chi connectivity index (χ1) is 6.75. The van der Waals surface area contributed by atoms with Crippen LogP contribution in [-0.4, -0.2) is 16.5 Å². The summed E-state index contributed by atoms with van der Waals surface area (Å²) in [5.41, 5.74) is 8.05. The Morgan fingerprint density at radius 3 is 2.86 bits per heavy atom. The van der Waals surface area contributed by atoms with Gasteiger partial charge in [0, 0.05) is 21.7 Å². The zero-order valence-electron chi connectivity index (χ0n) is 7.26. The van der Waals surface area contributed by atoms with Crippen LogP contribution >= 0.6 is 15.9 Å². The van der Waals surface area contributed by atoms with Crippen LogP contribution < -0.4 is 0 Å². The average molecular weight is 274 g/mol. The van der Waals surface area contributed by atoms with Crippen molar-refractivity contribution in [2.45, 2.75) is 4.90 Å². The molecule has 0 radical (unpaired) electrons. The minimum absolute atomic E-state index is 0.254. The Morgan fingerprint density at radius 1 is 1.50 bits per heavy atom. The van der Waals surface area contributed by atoms with E-state index in [2.05, 4.69) is 26.0 Å². The summed E-state index contributed by atoms with van der Waals surface area (Å²) in [6.07, 6.45) is 0. The smallest absolute Gasteiger partial charge is 0.0542 e. The maximum atomic E-state index is 11.6. The van der Waals surface area contributed by atoms with Crippen molar-refractivity contribution in [1.82, 2.24) is 0 Å². The topological polar surface area (TPSA) is 65.8 Å². The SMILES string of the molecule is [N-]=[N+]=NCCS(=O)c1ccccc1Br. The van der Waals surface area contributed by atoms with E-state index in [4.69, 9.17) is 5.53 Å². The Bertz CT molecular complexity index is 390. The Morgan fingerprint density at radius 2 is 2.21 bits per heavy atom. The van der Waals surface area contributed by atoms with Crippen LogP contribution in [0.25, 0.3) is 10.4 Å². The molecular formula is C8H8BrN3OS. The fraction of sp³-hybridized carbons (Fsp3) is 0.250. The average Bonchev–Trinajstić information content (AvgIpc) is 2.18. The molecule has 0 aromatic heterocycles. The largest absolute Gasteiger partial charge is 0.254 e. The second-order valence-electron chi connectivity index (χ2n) is 2.43. The highest BCUT2D eigenvalue weighted by molar-refractivity contribution is 9.10. The van der Waals surface area contributed by atoms with Gasteiger partial charge in [-0.15, -0.1) is 0 Å². The second kappa shape index (κ2) is 5.80. The standard InChI is InChI=1S/C8H8BrN3OS/c9-7-3-1-2-4-8(7)14(13)6-5-11-12-10/h1-4H,5-6H2. The quantitative estimate of drug-likeness (QED) is 0.473. The lowest BCUT2D eigenvalue weighted by Crippen LogP contribution is -2.01. The molecule has 74 valence electrons. The molecule has 14 heavy (non-hydrogen) atoms. The van der Waals surface area contributed by atoms with Crippen molar-refractivity contribution < 1.29 is 4.21 Å². The molecule has 0 fully saturated rings. The third kappa shape index (κ3) is 3.14. The van der Waals surface area contributed by atoms with Gasteiger partial charge in [0.05, 0.1) is 15.7 Å². The van der Waals surface area contributed by atoms with Crippen LogP contribution in [0.1, 0.15) is 0 Å². The number of rotatable bonds is 4. The van der Waals surface area contributed by atoms with Crippen LogP contribution in [0.4, 0.5) is 0 Å². The van der Waals surface area contributed by atoms with Gasteiger partial charge >= 0.3 is 0 Å². The van der Waals surface area contributed by atoms with E-state index in [1.54, 1.807) is 6.07 Å². The highest BCUT2D eigenvalue weighted by atomic mass is 79.9. The zero-order valence-corrected chi connectivity index (χ0v) is 9.66. The van der Waals surface area contributed by atoms with Gasteiger partial charge in [-0.3, -0.25) is 4.21 Å². The molecule has 1 rings (SSSR count). The molecule has 1 unspecified atom stereocenters. The lowest BCUT2D eigenvalue weighted by molar-refractivity contribution is 0.682. The van der Waals surface area contributed by atoms with Crippen LogP contribution in [-0.2, 0) is 10.8 Å². The molecule has 6 heteroatoms. The summed E-state index contributed by atoms with van der Waals surface area (Å²) >= 11 is 3.31. The number of hydrogen-bond donors (Lipinski definition) is 0. The second-order valence-corrected chi connectivity index (χ2v) is 4.83. The van der Waals surface area contributed by atoms with Gasteiger partial charge in [0.25, 0.3) is 0 Å². The number of azide groups is 1. The summed E-state index contributed by atoms with van der Waals surface area (Å²) in [6.45, 7) is 0.254. The summed E-state index contributed by atoms with van der Waals surface area (Å²) in [5, 5.41) is 3.34. The maximum Gasteiger partial charge on any atom is 0.0542 e. The minimum atomic E-state index is -1.11. The van der Waals surface area contributed by atoms with Gasteiger partial charge in [-0.1, -0.05) is 17.2 Å². The first-order valence-electron chi connectivity index (χ1n) is 3.89. The fourth-order valence-corrected chi connectivity index (χ4v) is 2.72. The van der Waals surface area contributed by atoms with E-state index in [9.17, 15) is 4.21 Å². The van der Waals surface area contributed by atoms with Crippen molar-refractivity contribution >= 4 is 26.7 Å². The molecular weight excluding hydrogens is 266 g/mol. The third-order valence-corrected chi connectivity index (χ3v) is 3.88. The molecule has 0 N–H and O–H groups in total. The molecule has 0 spiro atoms. The van der Waals surface area contributed by atoms with Crippen LogP contribution in [0.15, 0.2) is 38.7 Å². The van der Waals surface area contributed by atoms with Gasteiger partial charge in [0.15, 0.2) is 0 Å². The summed E-state index contributed by atoms with van der Waals surface area (Å²) < 4.78 is 12.5. The normalized spacial score (nSPS) is 11.8. The van der Waals surface area contributed by atoms with Crippen molar-refractivity contribution in [1.29, 1.82) is 0 Å². The zero-order chi connectivity index (χ0) is 10.4. The van der Waals surface area contributed by atoms with Crippen LogP contribution in [0, 0.1) is 0 Å². The molecule has 0 saturated heterocycles. The number of hydrogen-bond acceptors (Lipinski definition) is 2. The molecule has 1 aromatic rings.